The monoisotopic (exact) mass is 310 g/mol. The van der Waals surface area contributed by atoms with Gasteiger partial charge in [0.1, 0.15) is 10.8 Å². The molecule has 0 aliphatic carbocycles. The summed E-state index contributed by atoms with van der Waals surface area (Å²) < 4.78 is 12.9. The Hall–Kier alpha value is -0.910. The van der Waals surface area contributed by atoms with Crippen LogP contribution in [-0.4, -0.2) is 22.5 Å². The SMILES string of the molecule is CCSCC(C)NCc1csc(-c2ccc(F)cc2)n1. The van der Waals surface area contributed by atoms with Gasteiger partial charge >= 0.3 is 0 Å². The van der Waals surface area contributed by atoms with Crippen LogP contribution in [-0.2, 0) is 6.54 Å². The number of rotatable bonds is 7. The first-order valence-electron chi connectivity index (χ1n) is 6.70. The minimum atomic E-state index is -0.213. The van der Waals surface area contributed by atoms with Gasteiger partial charge in [-0.25, -0.2) is 9.37 Å². The first-order valence-corrected chi connectivity index (χ1v) is 8.74. The molecule has 1 aromatic carbocycles. The molecule has 20 heavy (non-hydrogen) atoms. The van der Waals surface area contributed by atoms with Crippen molar-refractivity contribution < 1.29 is 4.39 Å². The largest absolute Gasteiger partial charge is 0.308 e. The number of thiazole rings is 1. The van der Waals surface area contributed by atoms with E-state index in [0.29, 0.717) is 6.04 Å². The zero-order valence-electron chi connectivity index (χ0n) is 11.7. The molecule has 1 atom stereocenters. The predicted molar refractivity (Wildman–Crippen MR) is 86.8 cm³/mol. The van der Waals surface area contributed by atoms with E-state index in [1.54, 1.807) is 23.5 Å². The van der Waals surface area contributed by atoms with Gasteiger partial charge in [0.15, 0.2) is 0 Å². The number of nitrogens with one attached hydrogen (secondary N) is 1. The van der Waals surface area contributed by atoms with E-state index in [0.717, 1.165) is 34.3 Å². The zero-order chi connectivity index (χ0) is 14.4. The van der Waals surface area contributed by atoms with E-state index < -0.39 is 0 Å². The quantitative estimate of drug-likeness (QED) is 0.830. The molecule has 0 bridgehead atoms. The van der Waals surface area contributed by atoms with Crippen molar-refractivity contribution in [1.29, 1.82) is 0 Å². The molecule has 2 nitrogen and oxygen atoms in total. The number of thioether (sulfide) groups is 1. The number of hydrogen-bond donors (Lipinski definition) is 1. The topological polar surface area (TPSA) is 24.9 Å². The van der Waals surface area contributed by atoms with Crippen LogP contribution in [0.4, 0.5) is 4.39 Å². The van der Waals surface area contributed by atoms with Crippen LogP contribution in [0.5, 0.6) is 0 Å². The third kappa shape index (κ3) is 4.58. The van der Waals surface area contributed by atoms with Crippen molar-refractivity contribution in [2.24, 2.45) is 0 Å². The lowest BCUT2D eigenvalue weighted by Crippen LogP contribution is -2.27. The fourth-order valence-electron chi connectivity index (χ4n) is 1.75. The van der Waals surface area contributed by atoms with E-state index >= 15 is 0 Å². The van der Waals surface area contributed by atoms with Gasteiger partial charge in [-0.05, 0) is 36.9 Å². The van der Waals surface area contributed by atoms with Crippen LogP contribution in [0.1, 0.15) is 19.5 Å². The maximum absolute atomic E-state index is 12.9. The molecular formula is C15H19FN2S2. The highest BCUT2D eigenvalue weighted by atomic mass is 32.2. The Bertz CT molecular complexity index is 525. The molecule has 0 aliphatic rings. The second kappa shape index (κ2) is 7.76. The van der Waals surface area contributed by atoms with Gasteiger partial charge in [0.05, 0.1) is 5.69 Å². The summed E-state index contributed by atoms with van der Waals surface area (Å²) in [6, 6.07) is 6.96. The second-order valence-electron chi connectivity index (χ2n) is 4.59. The minimum absolute atomic E-state index is 0.213. The molecule has 1 N–H and O–H groups in total. The van der Waals surface area contributed by atoms with E-state index in [9.17, 15) is 4.39 Å². The molecule has 0 saturated carbocycles. The molecule has 5 heteroatoms. The van der Waals surface area contributed by atoms with Crippen molar-refractivity contribution in [3.8, 4) is 10.6 Å². The lowest BCUT2D eigenvalue weighted by Gasteiger charge is -2.11. The fourth-order valence-corrected chi connectivity index (χ4v) is 3.28. The Morgan fingerprint density at radius 3 is 2.80 bits per heavy atom. The molecule has 0 fully saturated rings. The van der Waals surface area contributed by atoms with Gasteiger partial charge in [-0.15, -0.1) is 11.3 Å². The van der Waals surface area contributed by atoms with E-state index in [1.165, 1.54) is 12.1 Å². The molecule has 1 heterocycles. The Morgan fingerprint density at radius 2 is 2.10 bits per heavy atom. The summed E-state index contributed by atoms with van der Waals surface area (Å²) in [5, 5.41) is 6.47. The number of nitrogens with zero attached hydrogens (tertiary/aromatic N) is 1. The first-order chi connectivity index (χ1) is 9.69. The summed E-state index contributed by atoms with van der Waals surface area (Å²) in [6.45, 7) is 5.14. The lowest BCUT2D eigenvalue weighted by atomic mass is 10.2. The summed E-state index contributed by atoms with van der Waals surface area (Å²) >= 11 is 3.54. The van der Waals surface area contributed by atoms with Crippen molar-refractivity contribution in [2.75, 3.05) is 11.5 Å². The van der Waals surface area contributed by atoms with Gasteiger partial charge in [0.2, 0.25) is 0 Å². The van der Waals surface area contributed by atoms with Crippen LogP contribution in [0.25, 0.3) is 10.6 Å². The summed E-state index contributed by atoms with van der Waals surface area (Å²) in [6.07, 6.45) is 0. The predicted octanol–water partition coefficient (Wildman–Crippen LogP) is 4.18. The summed E-state index contributed by atoms with van der Waals surface area (Å²) in [7, 11) is 0. The van der Waals surface area contributed by atoms with Crippen LogP contribution < -0.4 is 5.32 Å². The average molecular weight is 310 g/mol. The highest BCUT2D eigenvalue weighted by Gasteiger charge is 2.06. The third-order valence-electron chi connectivity index (χ3n) is 2.85. The van der Waals surface area contributed by atoms with Gasteiger partial charge in [0, 0.05) is 29.3 Å². The maximum Gasteiger partial charge on any atom is 0.123 e. The van der Waals surface area contributed by atoms with Gasteiger partial charge in [0.25, 0.3) is 0 Å². The Balaban J connectivity index is 1.90. The van der Waals surface area contributed by atoms with Crippen molar-refractivity contribution in [2.45, 2.75) is 26.4 Å². The number of hydrogen-bond acceptors (Lipinski definition) is 4. The maximum atomic E-state index is 12.9. The molecule has 0 radical (unpaired) electrons. The fraction of sp³-hybridized carbons (Fsp3) is 0.400. The molecule has 0 spiro atoms. The molecule has 0 amide bonds. The van der Waals surface area contributed by atoms with Gasteiger partial charge < -0.3 is 5.32 Å². The highest BCUT2D eigenvalue weighted by molar-refractivity contribution is 7.99. The Morgan fingerprint density at radius 1 is 1.35 bits per heavy atom. The van der Waals surface area contributed by atoms with E-state index in [2.05, 4.69) is 29.5 Å². The molecule has 1 unspecified atom stereocenters. The van der Waals surface area contributed by atoms with Crippen molar-refractivity contribution in [3.05, 3.63) is 41.2 Å². The molecule has 108 valence electrons. The van der Waals surface area contributed by atoms with Crippen molar-refractivity contribution >= 4 is 23.1 Å². The molecule has 1 aromatic heterocycles. The third-order valence-corrected chi connectivity index (χ3v) is 4.93. The first kappa shape index (κ1) is 15.5. The average Bonchev–Trinajstić information content (AvgIpc) is 2.92. The number of halogens is 1. The lowest BCUT2D eigenvalue weighted by molar-refractivity contribution is 0.590. The van der Waals surface area contributed by atoms with Gasteiger partial charge in [-0.3, -0.25) is 0 Å². The number of benzene rings is 1. The summed E-state index contributed by atoms with van der Waals surface area (Å²) in [5.41, 5.74) is 2.01. The molecule has 0 saturated heterocycles. The van der Waals surface area contributed by atoms with Crippen LogP contribution in [0.3, 0.4) is 0 Å². The van der Waals surface area contributed by atoms with Crippen LogP contribution in [0, 0.1) is 5.82 Å². The molecule has 0 aliphatic heterocycles. The summed E-state index contributed by atoms with van der Waals surface area (Å²) in [5.74, 6) is 2.05. The molecular weight excluding hydrogens is 291 g/mol. The van der Waals surface area contributed by atoms with E-state index in [1.807, 2.05) is 11.8 Å². The zero-order valence-corrected chi connectivity index (χ0v) is 13.4. The van der Waals surface area contributed by atoms with Gasteiger partial charge in [-0.2, -0.15) is 11.8 Å². The van der Waals surface area contributed by atoms with Crippen molar-refractivity contribution in [3.63, 3.8) is 0 Å². The second-order valence-corrected chi connectivity index (χ2v) is 6.77. The smallest absolute Gasteiger partial charge is 0.123 e. The normalized spacial score (nSPS) is 12.6. The van der Waals surface area contributed by atoms with Gasteiger partial charge in [-0.1, -0.05) is 6.92 Å². The standard InChI is InChI=1S/C15H19FN2S2/c1-3-19-9-11(2)17-8-14-10-20-15(18-14)12-4-6-13(16)7-5-12/h4-7,10-11,17H,3,8-9H2,1-2H3. The van der Waals surface area contributed by atoms with Crippen molar-refractivity contribution in [1.82, 2.24) is 10.3 Å². The van der Waals surface area contributed by atoms with E-state index in [4.69, 9.17) is 0 Å². The van der Waals surface area contributed by atoms with Crippen LogP contribution in [0.15, 0.2) is 29.6 Å². The Labute approximate surface area is 127 Å². The highest BCUT2D eigenvalue weighted by Crippen LogP contribution is 2.23. The molecule has 2 rings (SSSR count). The molecule has 2 aromatic rings. The number of aromatic nitrogens is 1. The van der Waals surface area contributed by atoms with Crippen LogP contribution >= 0.6 is 23.1 Å². The summed E-state index contributed by atoms with van der Waals surface area (Å²) in [4.78, 5) is 4.59. The van der Waals surface area contributed by atoms with Crippen LogP contribution in [0.2, 0.25) is 0 Å². The van der Waals surface area contributed by atoms with E-state index in [-0.39, 0.29) is 5.82 Å². The Kier molecular flexibility index (Phi) is 6.01. The minimum Gasteiger partial charge on any atom is -0.308 e.